The molecule has 1 aliphatic heterocycles. The third-order valence-corrected chi connectivity index (χ3v) is 7.64. The van der Waals surface area contributed by atoms with E-state index < -0.39 is 10.0 Å². The normalized spacial score (nSPS) is 14.1. The molecule has 6 nitrogen and oxygen atoms in total. The van der Waals surface area contributed by atoms with Gasteiger partial charge in [-0.25, -0.2) is 12.8 Å². The maximum absolute atomic E-state index is 13.3. The van der Waals surface area contributed by atoms with E-state index in [4.69, 9.17) is 4.74 Å². The molecular weight excluding hydrogens is 455 g/mol. The quantitative estimate of drug-likeness (QED) is 0.526. The molecule has 0 bridgehead atoms. The van der Waals surface area contributed by atoms with Gasteiger partial charge in [-0.2, -0.15) is 4.31 Å². The molecule has 0 aromatic heterocycles. The maximum atomic E-state index is 13.3. The average molecular weight is 483 g/mol. The summed E-state index contributed by atoms with van der Waals surface area (Å²) in [6.45, 7) is 4.70. The zero-order valence-corrected chi connectivity index (χ0v) is 20.0. The van der Waals surface area contributed by atoms with Crippen LogP contribution in [0.15, 0.2) is 71.6 Å². The first-order valence-corrected chi connectivity index (χ1v) is 12.5. The summed E-state index contributed by atoms with van der Waals surface area (Å²) >= 11 is 0. The van der Waals surface area contributed by atoms with Crippen molar-refractivity contribution < 1.29 is 22.3 Å². The van der Waals surface area contributed by atoms with Crippen molar-refractivity contribution in [2.75, 3.05) is 13.2 Å². The van der Waals surface area contributed by atoms with Crippen molar-refractivity contribution >= 4 is 15.9 Å². The zero-order valence-electron chi connectivity index (χ0n) is 19.2. The van der Waals surface area contributed by atoms with Gasteiger partial charge in [-0.05, 0) is 60.0 Å². The standard InChI is InChI=1S/C26H27FN2O4S/c1-19-4-3-5-25(14-19)34(31,32)29-12-13-33-26-11-8-22(15-23(26)18-29)17-28(20(2)30)16-21-6-9-24(27)10-7-21/h3-11,14-15H,12-13,16-18H2,1-2H3. The van der Waals surface area contributed by atoms with Gasteiger partial charge in [-0.3, -0.25) is 4.79 Å². The Hall–Kier alpha value is -3.23. The van der Waals surface area contributed by atoms with Gasteiger partial charge in [0.25, 0.3) is 0 Å². The minimum Gasteiger partial charge on any atom is -0.492 e. The Balaban J connectivity index is 1.56. The topological polar surface area (TPSA) is 66.9 Å². The van der Waals surface area contributed by atoms with Crippen LogP contribution in [0.5, 0.6) is 5.75 Å². The predicted octanol–water partition coefficient (Wildman–Crippen LogP) is 4.27. The summed E-state index contributed by atoms with van der Waals surface area (Å²) in [6.07, 6.45) is 0. The number of hydrogen-bond acceptors (Lipinski definition) is 4. The summed E-state index contributed by atoms with van der Waals surface area (Å²) < 4.78 is 47.0. The Morgan fingerprint density at radius 3 is 2.44 bits per heavy atom. The van der Waals surface area contributed by atoms with Gasteiger partial charge in [0.15, 0.2) is 0 Å². The van der Waals surface area contributed by atoms with Crippen LogP contribution in [0.3, 0.4) is 0 Å². The Bertz CT molecular complexity index is 1290. The monoisotopic (exact) mass is 482 g/mol. The van der Waals surface area contributed by atoms with Crippen LogP contribution in [0.25, 0.3) is 0 Å². The average Bonchev–Trinajstić information content (AvgIpc) is 3.02. The van der Waals surface area contributed by atoms with E-state index in [2.05, 4.69) is 0 Å². The second-order valence-corrected chi connectivity index (χ2v) is 10.4. The van der Waals surface area contributed by atoms with Gasteiger partial charge in [-0.15, -0.1) is 0 Å². The third kappa shape index (κ3) is 5.46. The molecular formula is C26H27FN2O4S. The van der Waals surface area contributed by atoms with Crippen LogP contribution in [0.2, 0.25) is 0 Å². The summed E-state index contributed by atoms with van der Waals surface area (Å²) in [4.78, 5) is 14.2. The van der Waals surface area contributed by atoms with Crippen molar-refractivity contribution in [2.45, 2.75) is 38.4 Å². The lowest BCUT2D eigenvalue weighted by atomic mass is 10.1. The highest BCUT2D eigenvalue weighted by Crippen LogP contribution is 2.28. The van der Waals surface area contributed by atoms with Crippen LogP contribution in [0, 0.1) is 12.7 Å². The number of benzene rings is 3. The van der Waals surface area contributed by atoms with E-state index in [1.54, 1.807) is 35.2 Å². The molecule has 0 atom stereocenters. The molecule has 0 radical (unpaired) electrons. The number of nitrogens with zero attached hydrogens (tertiary/aromatic N) is 2. The lowest BCUT2D eigenvalue weighted by Crippen LogP contribution is -2.32. The minimum absolute atomic E-state index is 0.112. The van der Waals surface area contributed by atoms with E-state index in [0.717, 1.165) is 22.3 Å². The van der Waals surface area contributed by atoms with E-state index in [0.29, 0.717) is 18.8 Å². The number of rotatable bonds is 6. The summed E-state index contributed by atoms with van der Waals surface area (Å²) in [5.74, 6) is 0.201. The fourth-order valence-electron chi connectivity index (χ4n) is 3.96. The number of amides is 1. The van der Waals surface area contributed by atoms with Crippen molar-refractivity contribution in [2.24, 2.45) is 0 Å². The highest BCUT2D eigenvalue weighted by Gasteiger charge is 2.28. The van der Waals surface area contributed by atoms with Gasteiger partial charge in [-0.1, -0.05) is 30.3 Å². The predicted molar refractivity (Wildman–Crippen MR) is 127 cm³/mol. The fraction of sp³-hybridized carbons (Fsp3) is 0.269. The zero-order chi connectivity index (χ0) is 24.3. The van der Waals surface area contributed by atoms with Gasteiger partial charge in [0.05, 0.1) is 4.90 Å². The molecule has 34 heavy (non-hydrogen) atoms. The molecule has 3 aromatic carbocycles. The van der Waals surface area contributed by atoms with Crippen LogP contribution < -0.4 is 4.74 Å². The molecule has 3 aromatic rings. The number of carbonyl (C=O) groups excluding carboxylic acids is 1. The van der Waals surface area contributed by atoms with E-state index in [1.165, 1.54) is 23.4 Å². The van der Waals surface area contributed by atoms with Gasteiger partial charge >= 0.3 is 0 Å². The van der Waals surface area contributed by atoms with Crippen LogP contribution in [0.4, 0.5) is 4.39 Å². The van der Waals surface area contributed by atoms with E-state index in [-0.39, 0.29) is 36.3 Å². The number of halogens is 1. The Morgan fingerprint density at radius 2 is 1.74 bits per heavy atom. The van der Waals surface area contributed by atoms with Gasteiger partial charge in [0, 0.05) is 38.7 Å². The lowest BCUT2D eigenvalue weighted by molar-refractivity contribution is -0.130. The molecule has 178 valence electrons. The highest BCUT2D eigenvalue weighted by molar-refractivity contribution is 7.89. The summed E-state index contributed by atoms with van der Waals surface area (Å²) in [5, 5.41) is 0. The molecule has 8 heteroatoms. The molecule has 0 aliphatic carbocycles. The van der Waals surface area contributed by atoms with Gasteiger partial charge in [0.1, 0.15) is 18.2 Å². The van der Waals surface area contributed by atoms with E-state index in [9.17, 15) is 17.6 Å². The van der Waals surface area contributed by atoms with Crippen molar-refractivity contribution in [1.29, 1.82) is 0 Å². The second-order valence-electron chi connectivity index (χ2n) is 8.45. The summed E-state index contributed by atoms with van der Waals surface area (Å²) in [6, 6.07) is 18.5. The second kappa shape index (κ2) is 9.95. The van der Waals surface area contributed by atoms with Crippen LogP contribution in [-0.4, -0.2) is 36.7 Å². The molecule has 0 saturated heterocycles. The molecule has 0 N–H and O–H groups in total. The number of aryl methyl sites for hydroxylation is 1. The number of sulfonamides is 1. The Labute approximate surface area is 199 Å². The first-order valence-electron chi connectivity index (χ1n) is 11.0. The first-order chi connectivity index (χ1) is 16.2. The first kappa shape index (κ1) is 23.9. The summed E-state index contributed by atoms with van der Waals surface area (Å²) in [7, 11) is -3.69. The SMILES string of the molecule is CC(=O)N(Cc1ccc(F)cc1)Cc1ccc2c(c1)CN(S(=O)(=O)c1cccc(C)c1)CCO2. The lowest BCUT2D eigenvalue weighted by Gasteiger charge is -2.23. The minimum atomic E-state index is -3.69. The number of carbonyl (C=O) groups is 1. The molecule has 0 fully saturated rings. The summed E-state index contributed by atoms with van der Waals surface area (Å²) in [5.41, 5.74) is 3.30. The molecule has 1 aliphatic rings. The van der Waals surface area contributed by atoms with Crippen molar-refractivity contribution in [1.82, 2.24) is 9.21 Å². The van der Waals surface area contributed by atoms with Gasteiger partial charge in [0.2, 0.25) is 15.9 Å². The van der Waals surface area contributed by atoms with Crippen LogP contribution in [-0.2, 0) is 34.5 Å². The molecule has 1 amide bonds. The molecule has 4 rings (SSSR count). The van der Waals surface area contributed by atoms with Crippen LogP contribution in [0.1, 0.15) is 29.2 Å². The Kier molecular flexibility index (Phi) is 7.00. The van der Waals surface area contributed by atoms with E-state index >= 15 is 0 Å². The molecule has 0 saturated carbocycles. The molecule has 0 spiro atoms. The largest absolute Gasteiger partial charge is 0.492 e. The number of fused-ring (bicyclic) bond motifs is 1. The van der Waals surface area contributed by atoms with Crippen molar-refractivity contribution in [3.05, 3.63) is 94.8 Å². The van der Waals surface area contributed by atoms with E-state index in [1.807, 2.05) is 31.2 Å². The smallest absolute Gasteiger partial charge is 0.243 e. The Morgan fingerprint density at radius 1 is 1.03 bits per heavy atom. The highest BCUT2D eigenvalue weighted by atomic mass is 32.2. The molecule has 1 heterocycles. The van der Waals surface area contributed by atoms with Crippen molar-refractivity contribution in [3.8, 4) is 5.75 Å². The number of ether oxygens (including phenoxy) is 1. The molecule has 0 unspecified atom stereocenters. The van der Waals surface area contributed by atoms with Crippen LogP contribution >= 0.6 is 0 Å². The van der Waals surface area contributed by atoms with Crippen molar-refractivity contribution in [3.63, 3.8) is 0 Å². The fourth-order valence-corrected chi connectivity index (χ4v) is 5.47. The maximum Gasteiger partial charge on any atom is 0.243 e. The third-order valence-electron chi connectivity index (χ3n) is 5.80. The van der Waals surface area contributed by atoms with Gasteiger partial charge < -0.3 is 9.64 Å². The number of hydrogen-bond donors (Lipinski definition) is 0.